The molecule has 1 aromatic carbocycles. The molecule has 0 aliphatic carbocycles. The molecule has 0 radical (unpaired) electrons. The summed E-state index contributed by atoms with van der Waals surface area (Å²) in [6, 6.07) is 8.45. The van der Waals surface area contributed by atoms with E-state index in [2.05, 4.69) is 51.6 Å². The molecule has 0 unspecified atom stereocenters. The molecule has 2 heterocycles. The molecule has 1 aromatic heterocycles. The van der Waals surface area contributed by atoms with E-state index in [-0.39, 0.29) is 0 Å². The second-order valence-corrected chi connectivity index (χ2v) is 5.73. The standard InChI is InChI=1S/C15H22N6/c1-12-7-10-20(11-8-12)13-2-4-14(5-3-13)21-15(6-9-16)17-18-19-21/h2-5,12H,6-11,16H2,1H3. The van der Waals surface area contributed by atoms with Crippen LogP contribution in [0.5, 0.6) is 0 Å². The average molecular weight is 286 g/mol. The summed E-state index contributed by atoms with van der Waals surface area (Å²) in [6.07, 6.45) is 3.23. The van der Waals surface area contributed by atoms with Gasteiger partial charge < -0.3 is 10.6 Å². The lowest BCUT2D eigenvalue weighted by molar-refractivity contribution is 0.438. The van der Waals surface area contributed by atoms with Gasteiger partial charge in [0.15, 0.2) is 5.82 Å². The predicted octanol–water partition coefficient (Wildman–Crippen LogP) is 1.40. The van der Waals surface area contributed by atoms with Crippen LogP contribution in [0.2, 0.25) is 0 Å². The molecule has 1 aliphatic rings. The summed E-state index contributed by atoms with van der Waals surface area (Å²) >= 11 is 0. The largest absolute Gasteiger partial charge is 0.372 e. The van der Waals surface area contributed by atoms with E-state index in [9.17, 15) is 0 Å². The van der Waals surface area contributed by atoms with Gasteiger partial charge in [-0.3, -0.25) is 0 Å². The molecule has 112 valence electrons. The van der Waals surface area contributed by atoms with Crippen LogP contribution in [0.4, 0.5) is 5.69 Å². The lowest BCUT2D eigenvalue weighted by atomic mass is 9.99. The van der Waals surface area contributed by atoms with Crippen molar-refractivity contribution in [3.8, 4) is 5.69 Å². The number of nitrogens with two attached hydrogens (primary N) is 1. The molecule has 0 atom stereocenters. The van der Waals surface area contributed by atoms with Gasteiger partial charge in [-0.1, -0.05) is 6.92 Å². The zero-order chi connectivity index (χ0) is 14.7. The second kappa shape index (κ2) is 6.22. The van der Waals surface area contributed by atoms with Gasteiger partial charge >= 0.3 is 0 Å². The van der Waals surface area contributed by atoms with Gasteiger partial charge in [0.05, 0.1) is 5.69 Å². The Balaban J connectivity index is 1.76. The Bertz CT molecular complexity index is 568. The predicted molar refractivity (Wildman–Crippen MR) is 82.5 cm³/mol. The molecule has 1 fully saturated rings. The van der Waals surface area contributed by atoms with Crippen LogP contribution in [0, 0.1) is 5.92 Å². The van der Waals surface area contributed by atoms with E-state index in [1.54, 1.807) is 4.68 Å². The highest BCUT2D eigenvalue weighted by Gasteiger charge is 2.16. The van der Waals surface area contributed by atoms with E-state index in [4.69, 9.17) is 5.73 Å². The van der Waals surface area contributed by atoms with Crippen LogP contribution in [0.25, 0.3) is 5.69 Å². The Morgan fingerprint density at radius 1 is 1.14 bits per heavy atom. The van der Waals surface area contributed by atoms with Crippen molar-refractivity contribution in [3.05, 3.63) is 30.1 Å². The highest BCUT2D eigenvalue weighted by atomic mass is 15.5. The average Bonchev–Trinajstić information content (AvgIpc) is 2.97. The first-order valence-electron chi connectivity index (χ1n) is 7.60. The minimum absolute atomic E-state index is 0.546. The fourth-order valence-corrected chi connectivity index (χ4v) is 2.76. The molecule has 0 saturated carbocycles. The zero-order valence-electron chi connectivity index (χ0n) is 12.4. The summed E-state index contributed by atoms with van der Waals surface area (Å²) in [5.41, 5.74) is 7.84. The van der Waals surface area contributed by atoms with E-state index in [1.807, 2.05) is 0 Å². The number of hydrogen-bond acceptors (Lipinski definition) is 5. The van der Waals surface area contributed by atoms with Gasteiger partial charge in [0.25, 0.3) is 0 Å². The van der Waals surface area contributed by atoms with E-state index in [0.717, 1.165) is 30.5 Å². The number of rotatable bonds is 4. The minimum Gasteiger partial charge on any atom is -0.372 e. The molecule has 6 nitrogen and oxygen atoms in total. The SMILES string of the molecule is CC1CCN(c2ccc(-n3nnnc3CCN)cc2)CC1. The maximum atomic E-state index is 5.58. The fourth-order valence-electron chi connectivity index (χ4n) is 2.76. The third-order valence-corrected chi connectivity index (χ3v) is 4.15. The van der Waals surface area contributed by atoms with Gasteiger partial charge in [0, 0.05) is 25.2 Å². The van der Waals surface area contributed by atoms with Crippen molar-refractivity contribution in [1.82, 2.24) is 20.2 Å². The molecule has 1 saturated heterocycles. The third-order valence-electron chi connectivity index (χ3n) is 4.15. The maximum absolute atomic E-state index is 5.58. The normalized spacial score (nSPS) is 16.4. The lowest BCUT2D eigenvalue weighted by Gasteiger charge is -2.32. The molecule has 2 N–H and O–H groups in total. The Labute approximate surface area is 124 Å². The van der Waals surface area contributed by atoms with Gasteiger partial charge in [0.1, 0.15) is 0 Å². The van der Waals surface area contributed by atoms with Crippen molar-refractivity contribution in [1.29, 1.82) is 0 Å². The van der Waals surface area contributed by atoms with Crippen molar-refractivity contribution in [2.24, 2.45) is 11.7 Å². The molecule has 2 aromatic rings. The van der Waals surface area contributed by atoms with Crippen LogP contribution in [-0.2, 0) is 6.42 Å². The molecule has 0 amide bonds. The van der Waals surface area contributed by atoms with Crippen LogP contribution in [0.1, 0.15) is 25.6 Å². The van der Waals surface area contributed by atoms with Gasteiger partial charge in [-0.2, -0.15) is 4.68 Å². The van der Waals surface area contributed by atoms with Crippen molar-refractivity contribution >= 4 is 5.69 Å². The topological polar surface area (TPSA) is 72.9 Å². The highest BCUT2D eigenvalue weighted by molar-refractivity contribution is 5.51. The number of benzene rings is 1. The smallest absolute Gasteiger partial charge is 0.157 e. The monoisotopic (exact) mass is 286 g/mol. The van der Waals surface area contributed by atoms with Crippen molar-refractivity contribution in [3.63, 3.8) is 0 Å². The van der Waals surface area contributed by atoms with Gasteiger partial charge in [-0.25, -0.2) is 0 Å². The number of aromatic nitrogens is 4. The van der Waals surface area contributed by atoms with Crippen LogP contribution in [-0.4, -0.2) is 39.8 Å². The number of tetrazole rings is 1. The van der Waals surface area contributed by atoms with Crippen molar-refractivity contribution in [2.75, 3.05) is 24.5 Å². The second-order valence-electron chi connectivity index (χ2n) is 5.73. The number of nitrogens with zero attached hydrogens (tertiary/aromatic N) is 5. The Morgan fingerprint density at radius 3 is 2.48 bits per heavy atom. The van der Waals surface area contributed by atoms with E-state index in [0.29, 0.717) is 13.0 Å². The van der Waals surface area contributed by atoms with Crippen LogP contribution >= 0.6 is 0 Å². The van der Waals surface area contributed by atoms with Gasteiger partial charge in [0.2, 0.25) is 0 Å². The molecular formula is C15H22N6. The Hall–Kier alpha value is -1.95. The zero-order valence-corrected chi connectivity index (χ0v) is 12.4. The van der Waals surface area contributed by atoms with E-state index < -0.39 is 0 Å². The van der Waals surface area contributed by atoms with Crippen LogP contribution in [0.3, 0.4) is 0 Å². The minimum atomic E-state index is 0.546. The summed E-state index contributed by atoms with van der Waals surface area (Å²) in [4.78, 5) is 2.45. The number of hydrogen-bond donors (Lipinski definition) is 1. The van der Waals surface area contributed by atoms with Crippen LogP contribution < -0.4 is 10.6 Å². The summed E-state index contributed by atoms with van der Waals surface area (Å²) in [5.74, 6) is 1.65. The molecule has 0 spiro atoms. The maximum Gasteiger partial charge on any atom is 0.157 e. The Kier molecular flexibility index (Phi) is 4.15. The fraction of sp³-hybridized carbons (Fsp3) is 0.533. The Morgan fingerprint density at radius 2 is 1.81 bits per heavy atom. The summed E-state index contributed by atoms with van der Waals surface area (Å²) in [6.45, 7) is 5.16. The first kappa shape index (κ1) is 14.0. The van der Waals surface area contributed by atoms with E-state index >= 15 is 0 Å². The lowest BCUT2D eigenvalue weighted by Crippen LogP contribution is -2.32. The first-order chi connectivity index (χ1) is 10.3. The molecule has 21 heavy (non-hydrogen) atoms. The molecule has 1 aliphatic heterocycles. The molecule has 6 heteroatoms. The van der Waals surface area contributed by atoms with Gasteiger partial charge in [-0.15, -0.1) is 5.10 Å². The van der Waals surface area contributed by atoms with Gasteiger partial charge in [-0.05, 0) is 60.0 Å². The summed E-state index contributed by atoms with van der Waals surface area (Å²) in [5, 5.41) is 11.8. The first-order valence-corrected chi connectivity index (χ1v) is 7.60. The van der Waals surface area contributed by atoms with Crippen molar-refractivity contribution in [2.45, 2.75) is 26.2 Å². The number of anilines is 1. The molecule has 0 bridgehead atoms. The summed E-state index contributed by atoms with van der Waals surface area (Å²) in [7, 11) is 0. The van der Waals surface area contributed by atoms with Crippen LogP contribution in [0.15, 0.2) is 24.3 Å². The molecule has 3 rings (SSSR count). The number of piperidine rings is 1. The highest BCUT2D eigenvalue weighted by Crippen LogP contribution is 2.23. The van der Waals surface area contributed by atoms with Crippen molar-refractivity contribution < 1.29 is 0 Å². The van der Waals surface area contributed by atoms with E-state index in [1.165, 1.54) is 18.5 Å². The third kappa shape index (κ3) is 3.05. The summed E-state index contributed by atoms with van der Waals surface area (Å²) < 4.78 is 1.76. The quantitative estimate of drug-likeness (QED) is 0.919. The molecular weight excluding hydrogens is 264 g/mol.